The Morgan fingerprint density at radius 2 is 2.00 bits per heavy atom. The highest BCUT2D eigenvalue weighted by molar-refractivity contribution is 5.78. The molecule has 3 N–H and O–H groups in total. The van der Waals surface area contributed by atoms with Gasteiger partial charge in [-0.3, -0.25) is 9.69 Å². The monoisotopic (exact) mass is 317 g/mol. The number of benzene rings is 1. The first kappa shape index (κ1) is 18.0. The summed E-state index contributed by atoms with van der Waals surface area (Å²) in [5, 5.41) is 2.92. The summed E-state index contributed by atoms with van der Waals surface area (Å²) in [6.07, 6.45) is 2.07. The van der Waals surface area contributed by atoms with Gasteiger partial charge in [-0.2, -0.15) is 0 Å². The number of amides is 1. The lowest BCUT2D eigenvalue weighted by Gasteiger charge is -2.32. The lowest BCUT2D eigenvalue weighted by Crippen LogP contribution is -2.43. The van der Waals surface area contributed by atoms with E-state index in [0.29, 0.717) is 13.1 Å². The Hall–Kier alpha value is -1.39. The fourth-order valence-corrected chi connectivity index (χ4v) is 3.12. The van der Waals surface area contributed by atoms with Crippen LogP contribution in [0.15, 0.2) is 24.3 Å². The molecular weight excluding hydrogens is 286 g/mol. The van der Waals surface area contributed by atoms with E-state index in [-0.39, 0.29) is 17.2 Å². The normalized spacial score (nSPS) is 19.6. The number of nitrogens with two attached hydrogens (primary N) is 1. The van der Waals surface area contributed by atoms with E-state index in [9.17, 15) is 4.79 Å². The van der Waals surface area contributed by atoms with Gasteiger partial charge in [0, 0.05) is 26.2 Å². The largest absolute Gasteiger partial charge is 0.355 e. The van der Waals surface area contributed by atoms with E-state index < -0.39 is 0 Å². The van der Waals surface area contributed by atoms with E-state index in [2.05, 4.69) is 55.3 Å². The van der Waals surface area contributed by atoms with Gasteiger partial charge in [-0.1, -0.05) is 45.0 Å². The fourth-order valence-electron chi connectivity index (χ4n) is 3.12. The maximum Gasteiger partial charge on any atom is 0.224 e. The molecule has 4 nitrogen and oxygen atoms in total. The van der Waals surface area contributed by atoms with Crippen LogP contribution in [0.1, 0.15) is 44.7 Å². The van der Waals surface area contributed by atoms with Crippen molar-refractivity contribution in [3.63, 3.8) is 0 Å². The summed E-state index contributed by atoms with van der Waals surface area (Å²) < 4.78 is 0. The molecule has 128 valence electrons. The van der Waals surface area contributed by atoms with Crippen LogP contribution in [0.25, 0.3) is 0 Å². The van der Waals surface area contributed by atoms with E-state index in [1.807, 2.05) is 0 Å². The molecular formula is C19H31N3O. The smallest absolute Gasteiger partial charge is 0.224 e. The fraction of sp³-hybridized carbons (Fsp3) is 0.632. The molecule has 1 aromatic rings. The second-order valence-electron chi connectivity index (χ2n) is 7.60. The summed E-state index contributed by atoms with van der Waals surface area (Å²) in [6.45, 7) is 10.6. The maximum absolute atomic E-state index is 12.1. The minimum Gasteiger partial charge on any atom is -0.355 e. The quantitative estimate of drug-likeness (QED) is 0.876. The van der Waals surface area contributed by atoms with Crippen molar-refractivity contribution in [2.45, 2.75) is 45.6 Å². The molecule has 1 aliphatic rings. The first-order chi connectivity index (χ1) is 10.9. The first-order valence-corrected chi connectivity index (χ1v) is 8.69. The molecule has 1 saturated heterocycles. The molecule has 0 aliphatic carbocycles. The molecule has 1 amide bonds. The number of likely N-dealkylation sites (tertiary alicyclic amines) is 1. The van der Waals surface area contributed by atoms with Crippen molar-refractivity contribution < 1.29 is 4.79 Å². The van der Waals surface area contributed by atoms with Gasteiger partial charge >= 0.3 is 0 Å². The van der Waals surface area contributed by atoms with Crippen molar-refractivity contribution in [2.24, 2.45) is 11.7 Å². The summed E-state index contributed by atoms with van der Waals surface area (Å²) >= 11 is 0. The highest BCUT2D eigenvalue weighted by atomic mass is 16.1. The van der Waals surface area contributed by atoms with Gasteiger partial charge in [-0.05, 0) is 35.9 Å². The van der Waals surface area contributed by atoms with Crippen molar-refractivity contribution in [3.8, 4) is 0 Å². The molecule has 1 atom stereocenters. The summed E-state index contributed by atoms with van der Waals surface area (Å²) in [4.78, 5) is 14.5. The number of nitrogens with zero attached hydrogens (tertiary/aromatic N) is 1. The Balaban J connectivity index is 1.91. The zero-order chi connectivity index (χ0) is 16.9. The Bertz CT molecular complexity index is 504. The zero-order valence-corrected chi connectivity index (χ0v) is 14.8. The van der Waals surface area contributed by atoms with Crippen molar-refractivity contribution in [1.29, 1.82) is 0 Å². The number of carbonyl (C=O) groups excluding carboxylic acids is 1. The van der Waals surface area contributed by atoms with Gasteiger partial charge in [0.05, 0.1) is 5.92 Å². The van der Waals surface area contributed by atoms with Crippen molar-refractivity contribution >= 4 is 5.91 Å². The third-order valence-electron chi connectivity index (χ3n) is 4.55. The average molecular weight is 317 g/mol. The highest BCUT2D eigenvalue weighted by Gasteiger charge is 2.25. The second kappa shape index (κ2) is 7.93. The highest BCUT2D eigenvalue weighted by Crippen LogP contribution is 2.23. The first-order valence-electron chi connectivity index (χ1n) is 8.69. The lowest BCUT2D eigenvalue weighted by molar-refractivity contribution is -0.126. The molecule has 1 fully saturated rings. The van der Waals surface area contributed by atoms with E-state index in [1.165, 1.54) is 11.1 Å². The van der Waals surface area contributed by atoms with Gasteiger partial charge in [0.1, 0.15) is 0 Å². The topological polar surface area (TPSA) is 58.4 Å². The average Bonchev–Trinajstić information content (AvgIpc) is 2.52. The SMILES string of the molecule is CC(C)(C)c1ccc(CN2CCCC(C(=O)NCCN)C2)cc1. The van der Waals surface area contributed by atoms with Crippen LogP contribution in [0.4, 0.5) is 0 Å². The molecule has 0 bridgehead atoms. The lowest BCUT2D eigenvalue weighted by atomic mass is 9.86. The van der Waals surface area contributed by atoms with Crippen LogP contribution < -0.4 is 11.1 Å². The predicted octanol–water partition coefficient (Wildman–Crippen LogP) is 2.27. The molecule has 1 aliphatic heterocycles. The molecule has 0 spiro atoms. The van der Waals surface area contributed by atoms with E-state index in [0.717, 1.165) is 32.5 Å². The number of hydrogen-bond acceptors (Lipinski definition) is 3. The van der Waals surface area contributed by atoms with Crippen LogP contribution in [-0.2, 0) is 16.8 Å². The van der Waals surface area contributed by atoms with Gasteiger partial charge in [-0.25, -0.2) is 0 Å². The van der Waals surface area contributed by atoms with Gasteiger partial charge in [0.2, 0.25) is 5.91 Å². The Labute approximate surface area is 140 Å². The van der Waals surface area contributed by atoms with Gasteiger partial charge in [-0.15, -0.1) is 0 Å². The number of hydrogen-bond donors (Lipinski definition) is 2. The third-order valence-corrected chi connectivity index (χ3v) is 4.55. The molecule has 23 heavy (non-hydrogen) atoms. The molecule has 4 heteroatoms. The minimum absolute atomic E-state index is 0.101. The van der Waals surface area contributed by atoms with Crippen LogP contribution in [0, 0.1) is 5.92 Å². The number of rotatable bonds is 5. The Kier molecular flexibility index (Phi) is 6.19. The van der Waals surface area contributed by atoms with Crippen LogP contribution in [0.3, 0.4) is 0 Å². The molecule has 1 aromatic carbocycles. The maximum atomic E-state index is 12.1. The zero-order valence-electron chi connectivity index (χ0n) is 14.8. The van der Waals surface area contributed by atoms with Crippen LogP contribution in [0.2, 0.25) is 0 Å². The van der Waals surface area contributed by atoms with Crippen LogP contribution >= 0.6 is 0 Å². The molecule has 0 saturated carbocycles. The van der Waals surface area contributed by atoms with Crippen molar-refractivity contribution in [3.05, 3.63) is 35.4 Å². The summed E-state index contributed by atoms with van der Waals surface area (Å²) in [7, 11) is 0. The van der Waals surface area contributed by atoms with Crippen molar-refractivity contribution in [2.75, 3.05) is 26.2 Å². The predicted molar refractivity (Wildman–Crippen MR) is 95.2 cm³/mol. The third kappa shape index (κ3) is 5.33. The van der Waals surface area contributed by atoms with E-state index in [1.54, 1.807) is 0 Å². The summed E-state index contributed by atoms with van der Waals surface area (Å²) in [5.74, 6) is 0.257. The van der Waals surface area contributed by atoms with E-state index in [4.69, 9.17) is 5.73 Å². The van der Waals surface area contributed by atoms with Gasteiger partial charge in [0.15, 0.2) is 0 Å². The summed E-state index contributed by atoms with van der Waals surface area (Å²) in [5.41, 5.74) is 8.32. The number of nitrogens with one attached hydrogen (secondary N) is 1. The second-order valence-corrected chi connectivity index (χ2v) is 7.60. The number of carbonyl (C=O) groups is 1. The van der Waals surface area contributed by atoms with Gasteiger partial charge in [0.25, 0.3) is 0 Å². The minimum atomic E-state index is 0.101. The van der Waals surface area contributed by atoms with E-state index >= 15 is 0 Å². The molecule has 0 radical (unpaired) electrons. The Morgan fingerprint density at radius 3 is 2.61 bits per heavy atom. The molecule has 0 aromatic heterocycles. The van der Waals surface area contributed by atoms with Crippen LogP contribution in [-0.4, -0.2) is 37.0 Å². The van der Waals surface area contributed by atoms with Crippen LogP contribution in [0.5, 0.6) is 0 Å². The molecule has 1 heterocycles. The Morgan fingerprint density at radius 1 is 1.30 bits per heavy atom. The van der Waals surface area contributed by atoms with Crippen molar-refractivity contribution in [1.82, 2.24) is 10.2 Å². The standard InChI is InChI=1S/C19H31N3O/c1-19(2,3)17-8-6-15(7-9-17)13-22-12-4-5-16(14-22)18(23)21-11-10-20/h6-9,16H,4-5,10-14,20H2,1-3H3,(H,21,23). The van der Waals surface area contributed by atoms with Gasteiger partial charge < -0.3 is 11.1 Å². The molecule has 1 unspecified atom stereocenters. The summed E-state index contributed by atoms with van der Waals surface area (Å²) in [6, 6.07) is 8.90. The number of piperidine rings is 1. The molecule has 2 rings (SSSR count).